The van der Waals surface area contributed by atoms with E-state index in [1.807, 2.05) is 19.0 Å². The Morgan fingerprint density at radius 2 is 1.89 bits per heavy atom. The normalized spacial score (nSPS) is 10.2. The number of nitrogens with one attached hydrogen (secondary N) is 2. The van der Waals surface area contributed by atoms with Crippen molar-refractivity contribution < 1.29 is 14.0 Å². The standard InChI is InChI=1S/C12H16FN3O2/c1-16(2)8-7-14-11(17)12(18)15-10-6-4-3-5-9(10)13/h3-6H,7-8H2,1-2H3,(H,14,17)(H,15,18). The Labute approximate surface area is 105 Å². The highest BCUT2D eigenvalue weighted by atomic mass is 19.1. The van der Waals surface area contributed by atoms with E-state index in [4.69, 9.17) is 0 Å². The number of carbonyl (C=O) groups excluding carboxylic acids is 2. The first kappa shape index (κ1) is 14.1. The van der Waals surface area contributed by atoms with Crippen LogP contribution in [0, 0.1) is 5.82 Å². The zero-order chi connectivity index (χ0) is 13.5. The van der Waals surface area contributed by atoms with Crippen molar-refractivity contribution in [2.75, 3.05) is 32.5 Å². The summed E-state index contributed by atoms with van der Waals surface area (Å²) in [6.07, 6.45) is 0. The summed E-state index contributed by atoms with van der Waals surface area (Å²) in [7, 11) is 3.71. The van der Waals surface area contributed by atoms with E-state index in [0.29, 0.717) is 13.1 Å². The van der Waals surface area contributed by atoms with Gasteiger partial charge in [0.2, 0.25) is 0 Å². The number of hydrogen-bond donors (Lipinski definition) is 2. The Balaban J connectivity index is 2.46. The zero-order valence-corrected chi connectivity index (χ0v) is 10.4. The van der Waals surface area contributed by atoms with Gasteiger partial charge < -0.3 is 15.5 Å². The lowest BCUT2D eigenvalue weighted by atomic mass is 10.3. The number of nitrogens with zero attached hydrogens (tertiary/aromatic N) is 1. The van der Waals surface area contributed by atoms with Gasteiger partial charge in [-0.25, -0.2) is 4.39 Å². The molecule has 0 unspecified atom stereocenters. The molecule has 0 fully saturated rings. The maximum atomic E-state index is 13.2. The van der Waals surface area contributed by atoms with E-state index < -0.39 is 17.6 Å². The number of benzene rings is 1. The fourth-order valence-corrected chi connectivity index (χ4v) is 1.21. The molecule has 0 aromatic heterocycles. The third-order valence-corrected chi connectivity index (χ3v) is 2.17. The largest absolute Gasteiger partial charge is 0.347 e. The minimum Gasteiger partial charge on any atom is -0.347 e. The lowest BCUT2D eigenvalue weighted by Gasteiger charge is -2.10. The summed E-state index contributed by atoms with van der Waals surface area (Å²) in [5.41, 5.74) is -0.00902. The van der Waals surface area contributed by atoms with Gasteiger partial charge in [0.25, 0.3) is 0 Å². The van der Waals surface area contributed by atoms with Gasteiger partial charge >= 0.3 is 11.8 Å². The number of amides is 2. The molecule has 1 aromatic rings. The third-order valence-electron chi connectivity index (χ3n) is 2.17. The highest BCUT2D eigenvalue weighted by molar-refractivity contribution is 6.39. The van der Waals surface area contributed by atoms with Gasteiger partial charge in [0.15, 0.2) is 0 Å². The molecule has 0 heterocycles. The molecule has 0 radical (unpaired) electrons. The molecule has 0 saturated heterocycles. The third kappa shape index (κ3) is 4.50. The van der Waals surface area contributed by atoms with Crippen LogP contribution in [0.5, 0.6) is 0 Å². The van der Waals surface area contributed by atoms with Gasteiger partial charge in [-0.05, 0) is 26.2 Å². The molecule has 0 aliphatic carbocycles. The fraction of sp³-hybridized carbons (Fsp3) is 0.333. The van der Waals surface area contributed by atoms with Gasteiger partial charge in [-0.15, -0.1) is 0 Å². The van der Waals surface area contributed by atoms with E-state index in [9.17, 15) is 14.0 Å². The predicted molar refractivity (Wildman–Crippen MR) is 66.6 cm³/mol. The molecule has 0 saturated carbocycles. The van der Waals surface area contributed by atoms with Gasteiger partial charge in [0.05, 0.1) is 5.69 Å². The molecule has 6 heteroatoms. The van der Waals surface area contributed by atoms with Gasteiger partial charge in [0.1, 0.15) is 5.82 Å². The van der Waals surface area contributed by atoms with Crippen molar-refractivity contribution in [3.8, 4) is 0 Å². The maximum Gasteiger partial charge on any atom is 0.313 e. The molecular formula is C12H16FN3O2. The molecule has 2 N–H and O–H groups in total. The van der Waals surface area contributed by atoms with Crippen LogP contribution in [0.4, 0.5) is 10.1 Å². The Bertz CT molecular complexity index is 435. The highest BCUT2D eigenvalue weighted by Gasteiger charge is 2.14. The van der Waals surface area contributed by atoms with Crippen molar-refractivity contribution in [3.63, 3.8) is 0 Å². The van der Waals surface area contributed by atoms with Crippen molar-refractivity contribution in [2.45, 2.75) is 0 Å². The molecule has 5 nitrogen and oxygen atoms in total. The van der Waals surface area contributed by atoms with Crippen molar-refractivity contribution in [2.24, 2.45) is 0 Å². The first-order chi connectivity index (χ1) is 8.50. The predicted octanol–water partition coefficient (Wildman–Crippen LogP) is 0.442. The molecule has 0 spiro atoms. The number of likely N-dealkylation sites (N-methyl/N-ethyl adjacent to an activating group) is 1. The summed E-state index contributed by atoms with van der Waals surface area (Å²) in [5.74, 6) is -2.23. The molecule has 0 atom stereocenters. The molecule has 0 aliphatic rings. The van der Waals surface area contributed by atoms with Crippen LogP contribution in [0.25, 0.3) is 0 Å². The smallest absolute Gasteiger partial charge is 0.313 e. The molecule has 1 rings (SSSR count). The molecule has 18 heavy (non-hydrogen) atoms. The van der Waals surface area contributed by atoms with Crippen molar-refractivity contribution >= 4 is 17.5 Å². The Hall–Kier alpha value is -1.95. The minimum atomic E-state index is -0.876. The van der Waals surface area contributed by atoms with Crippen LogP contribution >= 0.6 is 0 Å². The van der Waals surface area contributed by atoms with Crippen molar-refractivity contribution in [1.29, 1.82) is 0 Å². The summed E-state index contributed by atoms with van der Waals surface area (Å²) in [4.78, 5) is 24.7. The number of carbonyl (C=O) groups is 2. The topological polar surface area (TPSA) is 61.4 Å². The number of hydrogen-bond acceptors (Lipinski definition) is 3. The monoisotopic (exact) mass is 253 g/mol. The fourth-order valence-electron chi connectivity index (χ4n) is 1.21. The minimum absolute atomic E-state index is 0.00902. The summed E-state index contributed by atoms with van der Waals surface area (Å²) in [6.45, 7) is 0.981. The first-order valence-corrected chi connectivity index (χ1v) is 5.49. The van der Waals surface area contributed by atoms with Gasteiger partial charge in [-0.3, -0.25) is 9.59 Å². The Morgan fingerprint density at radius 1 is 1.22 bits per heavy atom. The summed E-state index contributed by atoms with van der Waals surface area (Å²) < 4.78 is 13.2. The average Bonchev–Trinajstić information content (AvgIpc) is 2.31. The SMILES string of the molecule is CN(C)CCNC(=O)C(=O)Nc1ccccc1F. The van der Waals surface area contributed by atoms with Crippen LogP contribution in [0.3, 0.4) is 0 Å². The highest BCUT2D eigenvalue weighted by Crippen LogP contribution is 2.11. The first-order valence-electron chi connectivity index (χ1n) is 5.49. The molecule has 0 bridgehead atoms. The number of rotatable bonds is 4. The maximum absolute atomic E-state index is 13.2. The Morgan fingerprint density at radius 3 is 2.50 bits per heavy atom. The van der Waals surface area contributed by atoms with Crippen LogP contribution in [0.2, 0.25) is 0 Å². The molecule has 1 aromatic carbocycles. The quantitative estimate of drug-likeness (QED) is 0.766. The van der Waals surface area contributed by atoms with E-state index in [-0.39, 0.29) is 5.69 Å². The molecule has 98 valence electrons. The van der Waals surface area contributed by atoms with Gasteiger partial charge in [0, 0.05) is 13.1 Å². The van der Waals surface area contributed by atoms with E-state index in [1.54, 1.807) is 6.07 Å². The summed E-state index contributed by atoms with van der Waals surface area (Å²) in [5, 5.41) is 4.65. The van der Waals surface area contributed by atoms with Crippen LogP contribution in [0.1, 0.15) is 0 Å². The molecule has 0 aliphatic heterocycles. The van der Waals surface area contributed by atoms with Gasteiger partial charge in [-0.1, -0.05) is 12.1 Å². The van der Waals surface area contributed by atoms with Crippen molar-refractivity contribution in [3.05, 3.63) is 30.1 Å². The van der Waals surface area contributed by atoms with E-state index in [2.05, 4.69) is 10.6 Å². The molecular weight excluding hydrogens is 237 g/mol. The van der Waals surface area contributed by atoms with Crippen LogP contribution in [-0.4, -0.2) is 43.9 Å². The van der Waals surface area contributed by atoms with Crippen LogP contribution in [0.15, 0.2) is 24.3 Å². The lowest BCUT2D eigenvalue weighted by Crippen LogP contribution is -2.38. The second kappa shape index (κ2) is 6.70. The lowest BCUT2D eigenvalue weighted by molar-refractivity contribution is -0.136. The molecule has 2 amide bonds. The van der Waals surface area contributed by atoms with E-state index in [0.717, 1.165) is 0 Å². The number of halogens is 1. The second-order valence-corrected chi connectivity index (χ2v) is 3.99. The average molecular weight is 253 g/mol. The second-order valence-electron chi connectivity index (χ2n) is 3.99. The number of para-hydroxylation sites is 1. The number of anilines is 1. The summed E-state index contributed by atoms with van der Waals surface area (Å²) >= 11 is 0. The van der Waals surface area contributed by atoms with Crippen LogP contribution in [-0.2, 0) is 9.59 Å². The van der Waals surface area contributed by atoms with E-state index >= 15 is 0 Å². The zero-order valence-electron chi connectivity index (χ0n) is 10.4. The summed E-state index contributed by atoms with van der Waals surface area (Å²) in [6, 6.07) is 5.67. The van der Waals surface area contributed by atoms with E-state index in [1.165, 1.54) is 18.2 Å². The van der Waals surface area contributed by atoms with Crippen LogP contribution < -0.4 is 10.6 Å². The Kier molecular flexibility index (Phi) is 5.26. The van der Waals surface area contributed by atoms with Crippen molar-refractivity contribution in [1.82, 2.24) is 10.2 Å². The van der Waals surface area contributed by atoms with Gasteiger partial charge in [-0.2, -0.15) is 0 Å².